The molecule has 1 aliphatic rings. The largest absolute Gasteiger partial charge is 0.478 e. The Bertz CT molecular complexity index is 694. The van der Waals surface area contributed by atoms with Gasteiger partial charge in [-0.2, -0.15) is 0 Å². The van der Waals surface area contributed by atoms with E-state index in [1.165, 1.54) is 0 Å². The van der Waals surface area contributed by atoms with E-state index in [4.69, 9.17) is 0 Å². The molecule has 1 fully saturated rings. The van der Waals surface area contributed by atoms with Crippen LogP contribution >= 0.6 is 0 Å². The predicted octanol–water partition coefficient (Wildman–Crippen LogP) is 4.11. The number of hydrogen-bond acceptors (Lipinski definition) is 2. The zero-order chi connectivity index (χ0) is 14.5. The number of nitrogens with zero attached hydrogens (tertiary/aromatic N) is 1. The van der Waals surface area contributed by atoms with Crippen molar-refractivity contribution in [3.05, 3.63) is 41.1 Å². The van der Waals surface area contributed by atoms with Crippen molar-refractivity contribution >= 4 is 16.9 Å². The van der Waals surface area contributed by atoms with Gasteiger partial charge in [0.1, 0.15) is 0 Å². The first-order valence-corrected chi connectivity index (χ1v) is 7.05. The van der Waals surface area contributed by atoms with E-state index in [9.17, 15) is 9.90 Å². The molecule has 0 atom stereocenters. The molecule has 1 N–H and O–H groups in total. The fourth-order valence-electron chi connectivity index (χ4n) is 2.48. The molecule has 1 aromatic heterocycles. The Kier molecular flexibility index (Phi) is 2.82. The maximum absolute atomic E-state index is 11.5. The van der Waals surface area contributed by atoms with Gasteiger partial charge in [-0.15, -0.1) is 0 Å². The molecular weight excluding hydrogens is 250 g/mol. The minimum atomic E-state index is -0.870. The first-order valence-electron chi connectivity index (χ1n) is 7.05. The molecule has 3 rings (SSSR count). The molecule has 3 heteroatoms. The molecule has 1 heterocycles. The average Bonchev–Trinajstić information content (AvgIpc) is 3.19. The van der Waals surface area contributed by atoms with Crippen LogP contribution in [0, 0.1) is 0 Å². The number of carboxylic acids is 1. The number of hydrogen-bond donors (Lipinski definition) is 1. The van der Waals surface area contributed by atoms with Crippen LogP contribution in [0.3, 0.4) is 0 Å². The van der Waals surface area contributed by atoms with Crippen molar-refractivity contribution in [2.45, 2.75) is 44.9 Å². The summed E-state index contributed by atoms with van der Waals surface area (Å²) in [4.78, 5) is 16.2. The van der Waals surface area contributed by atoms with Gasteiger partial charge in [-0.05, 0) is 42.0 Å². The van der Waals surface area contributed by atoms with Crippen LogP contribution in [0.25, 0.3) is 10.9 Å². The lowest BCUT2D eigenvalue weighted by Gasteiger charge is -2.20. The van der Waals surface area contributed by atoms with E-state index in [1.807, 2.05) is 12.1 Å². The fourth-order valence-corrected chi connectivity index (χ4v) is 2.48. The van der Waals surface area contributed by atoms with Crippen molar-refractivity contribution in [1.29, 1.82) is 0 Å². The van der Waals surface area contributed by atoms with Gasteiger partial charge in [0.25, 0.3) is 0 Å². The van der Waals surface area contributed by atoms with E-state index < -0.39 is 5.97 Å². The van der Waals surface area contributed by atoms with Crippen LogP contribution in [0.4, 0.5) is 0 Å². The minimum absolute atomic E-state index is 0.000866. The van der Waals surface area contributed by atoms with Crippen LogP contribution in [0.15, 0.2) is 24.3 Å². The normalized spacial score (nSPS) is 15.6. The van der Waals surface area contributed by atoms with E-state index in [2.05, 4.69) is 31.8 Å². The Hall–Kier alpha value is -1.90. The van der Waals surface area contributed by atoms with Crippen LogP contribution in [0.2, 0.25) is 0 Å². The Morgan fingerprint density at radius 2 is 1.95 bits per heavy atom. The Labute approximate surface area is 118 Å². The standard InChI is InChI=1S/C17H19NO2/c1-17(2,3)11-6-7-14-12(8-11)13(16(19)20)9-15(18-14)10-4-5-10/h6-10H,4-5H2,1-3H3,(H,19,20). The fraction of sp³-hybridized carbons (Fsp3) is 0.412. The molecule has 2 aromatic rings. The van der Waals surface area contributed by atoms with Crippen molar-refractivity contribution in [2.24, 2.45) is 0 Å². The molecule has 0 unspecified atom stereocenters. The molecule has 1 aliphatic carbocycles. The van der Waals surface area contributed by atoms with Gasteiger partial charge in [-0.3, -0.25) is 4.98 Å². The Morgan fingerprint density at radius 3 is 2.50 bits per heavy atom. The lowest BCUT2D eigenvalue weighted by molar-refractivity contribution is 0.0699. The second-order valence-electron chi connectivity index (χ2n) is 6.66. The van der Waals surface area contributed by atoms with E-state index in [1.54, 1.807) is 6.07 Å². The second-order valence-corrected chi connectivity index (χ2v) is 6.66. The van der Waals surface area contributed by atoms with Gasteiger partial charge >= 0.3 is 5.97 Å². The van der Waals surface area contributed by atoms with Crippen molar-refractivity contribution in [2.75, 3.05) is 0 Å². The Morgan fingerprint density at radius 1 is 1.25 bits per heavy atom. The van der Waals surface area contributed by atoms with Crippen LogP contribution < -0.4 is 0 Å². The number of pyridine rings is 1. The maximum atomic E-state index is 11.5. The summed E-state index contributed by atoms with van der Waals surface area (Å²) >= 11 is 0. The van der Waals surface area contributed by atoms with Gasteiger partial charge < -0.3 is 5.11 Å². The molecule has 104 valence electrons. The third kappa shape index (κ3) is 2.28. The number of fused-ring (bicyclic) bond motifs is 1. The van der Waals surface area contributed by atoms with E-state index >= 15 is 0 Å². The highest BCUT2D eigenvalue weighted by molar-refractivity contribution is 6.02. The summed E-state index contributed by atoms with van der Waals surface area (Å²) in [7, 11) is 0. The zero-order valence-corrected chi connectivity index (χ0v) is 12.1. The third-order valence-corrected chi connectivity index (χ3v) is 3.92. The van der Waals surface area contributed by atoms with Gasteiger partial charge in [0.05, 0.1) is 11.1 Å². The molecule has 0 amide bonds. The first-order chi connectivity index (χ1) is 9.36. The van der Waals surface area contributed by atoms with E-state index in [0.717, 1.165) is 35.0 Å². The predicted molar refractivity (Wildman–Crippen MR) is 79.4 cm³/mol. The summed E-state index contributed by atoms with van der Waals surface area (Å²) in [6.07, 6.45) is 2.25. The Balaban J connectivity index is 2.25. The lowest BCUT2D eigenvalue weighted by atomic mass is 9.86. The van der Waals surface area contributed by atoms with Crippen molar-refractivity contribution in [1.82, 2.24) is 4.98 Å². The van der Waals surface area contributed by atoms with Crippen molar-refractivity contribution in [3.8, 4) is 0 Å². The number of aromatic nitrogens is 1. The van der Waals surface area contributed by atoms with Crippen molar-refractivity contribution < 1.29 is 9.90 Å². The number of carbonyl (C=O) groups is 1. The molecule has 3 nitrogen and oxygen atoms in total. The van der Waals surface area contributed by atoms with E-state index in [-0.39, 0.29) is 5.41 Å². The van der Waals surface area contributed by atoms with Gasteiger partial charge in [0, 0.05) is 17.0 Å². The summed E-state index contributed by atoms with van der Waals surface area (Å²) in [6, 6.07) is 7.74. The highest BCUT2D eigenvalue weighted by Gasteiger charge is 2.27. The van der Waals surface area contributed by atoms with Crippen LogP contribution in [-0.2, 0) is 5.41 Å². The highest BCUT2D eigenvalue weighted by Crippen LogP contribution is 2.40. The molecule has 1 aromatic carbocycles. The van der Waals surface area contributed by atoms with Gasteiger partial charge in [-0.1, -0.05) is 26.8 Å². The SMILES string of the molecule is CC(C)(C)c1ccc2nc(C3CC3)cc(C(=O)O)c2c1. The molecule has 0 bridgehead atoms. The second kappa shape index (κ2) is 4.30. The topological polar surface area (TPSA) is 50.2 Å². The van der Waals surface area contributed by atoms with Crippen LogP contribution in [0.5, 0.6) is 0 Å². The molecule has 0 aliphatic heterocycles. The van der Waals surface area contributed by atoms with Crippen LogP contribution in [0.1, 0.15) is 61.1 Å². The highest BCUT2D eigenvalue weighted by atomic mass is 16.4. The first kappa shape index (κ1) is 13.1. The van der Waals surface area contributed by atoms with Crippen LogP contribution in [-0.4, -0.2) is 16.1 Å². The number of aromatic carboxylic acids is 1. The van der Waals surface area contributed by atoms with Gasteiger partial charge in [-0.25, -0.2) is 4.79 Å². The molecule has 20 heavy (non-hydrogen) atoms. The number of rotatable bonds is 2. The lowest BCUT2D eigenvalue weighted by Crippen LogP contribution is -2.11. The van der Waals surface area contributed by atoms with Gasteiger partial charge in [0.15, 0.2) is 0 Å². The van der Waals surface area contributed by atoms with E-state index in [0.29, 0.717) is 11.5 Å². The molecule has 0 spiro atoms. The smallest absolute Gasteiger partial charge is 0.336 e. The molecule has 0 saturated heterocycles. The number of benzene rings is 1. The minimum Gasteiger partial charge on any atom is -0.478 e. The zero-order valence-electron chi connectivity index (χ0n) is 12.1. The van der Waals surface area contributed by atoms with Crippen molar-refractivity contribution in [3.63, 3.8) is 0 Å². The molecule has 1 saturated carbocycles. The average molecular weight is 269 g/mol. The maximum Gasteiger partial charge on any atom is 0.336 e. The summed E-state index contributed by atoms with van der Waals surface area (Å²) in [6.45, 7) is 6.38. The molecular formula is C17H19NO2. The molecule has 0 radical (unpaired) electrons. The number of carboxylic acid groups (broad SMARTS) is 1. The monoisotopic (exact) mass is 269 g/mol. The summed E-state index contributed by atoms with van der Waals surface area (Å²) in [5.74, 6) is -0.412. The van der Waals surface area contributed by atoms with Gasteiger partial charge in [0.2, 0.25) is 0 Å². The summed E-state index contributed by atoms with van der Waals surface area (Å²) < 4.78 is 0. The summed E-state index contributed by atoms with van der Waals surface area (Å²) in [5.41, 5.74) is 3.23. The quantitative estimate of drug-likeness (QED) is 0.892. The third-order valence-electron chi connectivity index (χ3n) is 3.92. The summed E-state index contributed by atoms with van der Waals surface area (Å²) in [5, 5.41) is 10.2.